The number of hydrogen-bond acceptors (Lipinski definition) is 5. The summed E-state index contributed by atoms with van der Waals surface area (Å²) in [6.45, 7) is 10.6. The fourth-order valence-electron chi connectivity index (χ4n) is 7.05. The molecule has 0 saturated carbocycles. The van der Waals surface area contributed by atoms with Crippen LogP contribution in [0.2, 0.25) is 5.02 Å². The van der Waals surface area contributed by atoms with Crippen molar-refractivity contribution in [1.82, 2.24) is 9.80 Å². The van der Waals surface area contributed by atoms with Gasteiger partial charge in [0.25, 0.3) is 5.91 Å². The van der Waals surface area contributed by atoms with Crippen LogP contribution in [0.1, 0.15) is 18.9 Å². The fourth-order valence-corrected chi connectivity index (χ4v) is 9.59. The summed E-state index contributed by atoms with van der Waals surface area (Å²) in [5, 5.41) is 10.5. The summed E-state index contributed by atoms with van der Waals surface area (Å²) in [5.41, 5.74) is 1.64. The van der Waals surface area contributed by atoms with Crippen LogP contribution in [0.15, 0.2) is 79.9 Å². The summed E-state index contributed by atoms with van der Waals surface area (Å²) >= 11 is 7.75. The Hall–Kier alpha value is -3.07. The molecule has 3 amide bonds. The van der Waals surface area contributed by atoms with Gasteiger partial charge in [-0.3, -0.25) is 14.4 Å². The number of thioether (sulfide) groups is 1. The van der Waals surface area contributed by atoms with Gasteiger partial charge in [0.15, 0.2) is 0 Å². The lowest BCUT2D eigenvalue weighted by atomic mass is 9.65. The third-order valence-electron chi connectivity index (χ3n) is 8.70. The average Bonchev–Trinajstić information content (AvgIpc) is 3.56. The average molecular weight is 594 g/mol. The second-order valence-electron chi connectivity index (χ2n) is 11.0. The van der Waals surface area contributed by atoms with Crippen LogP contribution in [0.5, 0.6) is 0 Å². The first-order valence-electron chi connectivity index (χ1n) is 14.0. The molecule has 0 aliphatic carbocycles. The molecule has 3 unspecified atom stereocenters. The number of halogens is 1. The summed E-state index contributed by atoms with van der Waals surface area (Å²) in [6, 6.07) is 15.9. The van der Waals surface area contributed by atoms with E-state index >= 15 is 0 Å². The second kappa shape index (κ2) is 12.0. The van der Waals surface area contributed by atoms with Gasteiger partial charge in [0, 0.05) is 42.1 Å². The van der Waals surface area contributed by atoms with Crippen LogP contribution < -0.4 is 4.90 Å². The third-order valence-corrected chi connectivity index (χ3v) is 11.0. The van der Waals surface area contributed by atoms with E-state index < -0.39 is 22.6 Å². The molecule has 9 heteroatoms. The van der Waals surface area contributed by atoms with Crippen molar-refractivity contribution < 1.29 is 19.5 Å². The van der Waals surface area contributed by atoms with Gasteiger partial charge >= 0.3 is 0 Å². The zero-order chi connectivity index (χ0) is 29.3. The van der Waals surface area contributed by atoms with Gasteiger partial charge in [-0.25, -0.2) is 0 Å². The molecule has 41 heavy (non-hydrogen) atoms. The molecule has 3 saturated heterocycles. The Bertz CT molecular complexity index is 1320. The number of likely N-dealkylation sites (tertiary alicyclic amines) is 1. The summed E-state index contributed by atoms with van der Waals surface area (Å²) in [5.74, 6) is -1.76. The molecule has 1 N–H and O–H groups in total. The van der Waals surface area contributed by atoms with E-state index in [2.05, 4.69) is 20.1 Å². The van der Waals surface area contributed by atoms with Gasteiger partial charge in [0.1, 0.15) is 6.04 Å². The maximum absolute atomic E-state index is 14.5. The molecule has 1 spiro atoms. The highest BCUT2D eigenvalue weighted by molar-refractivity contribution is 8.02. The van der Waals surface area contributed by atoms with Crippen molar-refractivity contribution in [3.63, 3.8) is 0 Å². The number of aliphatic hydroxyl groups excluding tert-OH is 1. The van der Waals surface area contributed by atoms with Gasteiger partial charge in [-0.1, -0.05) is 61.0 Å². The van der Waals surface area contributed by atoms with Crippen molar-refractivity contribution in [2.75, 3.05) is 31.1 Å². The van der Waals surface area contributed by atoms with E-state index in [1.807, 2.05) is 30.3 Å². The lowest BCUT2D eigenvalue weighted by molar-refractivity contribution is -0.144. The number of fused-ring (bicyclic) bond motifs is 1. The SMILES string of the molecule is C=CCN(Cc1ccccc1)C(=O)[C@@H]1[C@H]2C(=O)N(CCO)C(C(=O)N(CC=C)c3ccc(Cl)cc3)C23S[C@@H]1CC3C. The molecule has 3 fully saturated rings. The molecule has 216 valence electrons. The first kappa shape index (κ1) is 29.4. The van der Waals surface area contributed by atoms with Gasteiger partial charge in [-0.15, -0.1) is 24.9 Å². The molecule has 2 aromatic carbocycles. The number of aliphatic hydroxyl groups is 1. The smallest absolute Gasteiger partial charge is 0.251 e. The van der Waals surface area contributed by atoms with Crippen molar-refractivity contribution >= 4 is 46.8 Å². The summed E-state index contributed by atoms with van der Waals surface area (Å²) < 4.78 is -0.785. The van der Waals surface area contributed by atoms with Crippen LogP contribution in [-0.2, 0) is 20.9 Å². The van der Waals surface area contributed by atoms with Gasteiger partial charge in [0.2, 0.25) is 11.8 Å². The molecule has 0 radical (unpaired) electrons. The van der Waals surface area contributed by atoms with E-state index in [4.69, 9.17) is 11.6 Å². The van der Waals surface area contributed by atoms with Crippen LogP contribution in [-0.4, -0.2) is 74.9 Å². The predicted octanol–water partition coefficient (Wildman–Crippen LogP) is 4.40. The van der Waals surface area contributed by atoms with E-state index in [9.17, 15) is 19.5 Å². The van der Waals surface area contributed by atoms with Gasteiger partial charge < -0.3 is 19.8 Å². The van der Waals surface area contributed by atoms with Crippen LogP contribution in [0, 0.1) is 17.8 Å². The summed E-state index contributed by atoms with van der Waals surface area (Å²) in [6.07, 6.45) is 4.09. The van der Waals surface area contributed by atoms with Crippen LogP contribution >= 0.6 is 23.4 Å². The van der Waals surface area contributed by atoms with Crippen molar-refractivity contribution in [3.8, 4) is 0 Å². The minimum Gasteiger partial charge on any atom is -0.395 e. The number of nitrogens with zero attached hydrogens (tertiary/aromatic N) is 3. The maximum atomic E-state index is 14.5. The van der Waals surface area contributed by atoms with Crippen molar-refractivity contribution in [1.29, 1.82) is 0 Å². The van der Waals surface area contributed by atoms with E-state index in [0.717, 1.165) is 12.0 Å². The first-order chi connectivity index (χ1) is 19.8. The van der Waals surface area contributed by atoms with Crippen LogP contribution in [0.25, 0.3) is 0 Å². The zero-order valence-corrected chi connectivity index (χ0v) is 24.8. The Morgan fingerprint density at radius 2 is 1.78 bits per heavy atom. The fraction of sp³-hybridized carbons (Fsp3) is 0.406. The Balaban J connectivity index is 1.54. The Morgan fingerprint density at radius 1 is 1.10 bits per heavy atom. The molecular weight excluding hydrogens is 558 g/mol. The van der Waals surface area contributed by atoms with E-state index in [-0.39, 0.29) is 48.6 Å². The lowest BCUT2D eigenvalue weighted by Crippen LogP contribution is -2.58. The minimum atomic E-state index is -0.826. The number of β-amino-alcohol motifs (C(OH)–C–C–N with tert-alkyl or cyclic N) is 1. The Morgan fingerprint density at radius 3 is 2.41 bits per heavy atom. The highest BCUT2D eigenvalue weighted by Gasteiger charge is 2.76. The molecular formula is C32H36ClN3O4S. The van der Waals surface area contributed by atoms with E-state index in [1.54, 1.807) is 58.0 Å². The second-order valence-corrected chi connectivity index (χ2v) is 13.0. The van der Waals surface area contributed by atoms with Crippen molar-refractivity contribution in [2.45, 2.75) is 35.9 Å². The maximum Gasteiger partial charge on any atom is 0.251 e. The molecule has 0 aromatic heterocycles. The quantitative estimate of drug-likeness (QED) is 0.391. The minimum absolute atomic E-state index is 0.0194. The van der Waals surface area contributed by atoms with Crippen LogP contribution in [0.4, 0.5) is 5.69 Å². The van der Waals surface area contributed by atoms with Crippen LogP contribution in [0.3, 0.4) is 0 Å². The van der Waals surface area contributed by atoms with Gasteiger partial charge in [-0.05, 0) is 42.2 Å². The lowest BCUT2D eigenvalue weighted by Gasteiger charge is -2.41. The number of hydrogen-bond donors (Lipinski definition) is 1. The van der Waals surface area contributed by atoms with E-state index in [0.29, 0.717) is 23.8 Å². The number of carbonyl (C=O) groups excluding carboxylic acids is 3. The normalized spacial score (nSPS) is 27.9. The topological polar surface area (TPSA) is 81.2 Å². The number of anilines is 1. The first-order valence-corrected chi connectivity index (χ1v) is 15.2. The highest BCUT2D eigenvalue weighted by Crippen LogP contribution is 2.69. The van der Waals surface area contributed by atoms with Crippen molar-refractivity contribution in [3.05, 3.63) is 90.5 Å². The van der Waals surface area contributed by atoms with E-state index in [1.165, 1.54) is 4.90 Å². The Kier molecular flexibility index (Phi) is 8.64. The molecule has 6 atom stereocenters. The highest BCUT2D eigenvalue weighted by atomic mass is 35.5. The monoisotopic (exact) mass is 593 g/mol. The molecule has 3 aliphatic heterocycles. The molecule has 5 rings (SSSR count). The number of benzene rings is 2. The number of amides is 3. The zero-order valence-electron chi connectivity index (χ0n) is 23.2. The molecule has 2 aromatic rings. The number of rotatable bonds is 11. The summed E-state index contributed by atoms with van der Waals surface area (Å²) in [7, 11) is 0. The van der Waals surface area contributed by atoms with Gasteiger partial charge in [-0.2, -0.15) is 0 Å². The summed E-state index contributed by atoms with van der Waals surface area (Å²) in [4.78, 5) is 48.0. The molecule has 3 heterocycles. The standard InChI is InChI=1S/C32H36ClN3O4S/c1-4-15-34(20-22-9-7-6-8-10-22)29(38)26-25-19-21(3)32(41-25)27(26)30(39)36(17-18-37)28(32)31(40)35(16-5-2)24-13-11-23(33)12-14-24/h4-14,21,25-28,37H,1-2,15-20H2,3H3/t21?,25-,26+,27+,28?,32?/m1/s1. The third kappa shape index (κ3) is 5.00. The predicted molar refractivity (Wildman–Crippen MR) is 164 cm³/mol. The number of carbonyl (C=O) groups is 3. The largest absolute Gasteiger partial charge is 0.395 e. The van der Waals surface area contributed by atoms with Gasteiger partial charge in [0.05, 0.1) is 23.2 Å². The molecule has 2 bridgehead atoms. The molecule has 3 aliphatic rings. The Labute approximate surface area is 250 Å². The van der Waals surface area contributed by atoms with Crippen molar-refractivity contribution in [2.24, 2.45) is 17.8 Å². The molecule has 7 nitrogen and oxygen atoms in total.